The van der Waals surface area contributed by atoms with Gasteiger partial charge < -0.3 is 15.2 Å². The first-order chi connectivity index (χ1) is 9.58. The number of amides is 1. The van der Waals surface area contributed by atoms with E-state index in [1.807, 2.05) is 0 Å². The van der Waals surface area contributed by atoms with Crippen LogP contribution < -0.4 is 16.2 Å². The first kappa shape index (κ1) is 14.8. The van der Waals surface area contributed by atoms with E-state index in [1.165, 1.54) is 17.4 Å². The maximum atomic E-state index is 12.0. The number of aryl methyl sites for hydroxylation is 1. The fourth-order valence-electron chi connectivity index (χ4n) is 2.72. The second-order valence-corrected chi connectivity index (χ2v) is 5.67. The summed E-state index contributed by atoms with van der Waals surface area (Å²) in [6.45, 7) is 4.18. The van der Waals surface area contributed by atoms with Crippen molar-refractivity contribution >= 4 is 11.6 Å². The van der Waals surface area contributed by atoms with Crippen LogP contribution in [0.3, 0.4) is 0 Å². The molecule has 0 saturated carbocycles. The molecule has 0 aromatic carbocycles. The third-order valence-corrected chi connectivity index (χ3v) is 4.04. The Labute approximate surface area is 119 Å². The van der Waals surface area contributed by atoms with E-state index in [9.17, 15) is 9.59 Å². The zero-order chi connectivity index (χ0) is 14.5. The number of carbonyl (C=O) groups is 1. The number of anilines is 1. The van der Waals surface area contributed by atoms with Crippen LogP contribution in [0.15, 0.2) is 23.1 Å². The molecule has 2 unspecified atom stereocenters. The Morgan fingerprint density at radius 3 is 3.10 bits per heavy atom. The summed E-state index contributed by atoms with van der Waals surface area (Å²) in [4.78, 5) is 23.9. The van der Waals surface area contributed by atoms with Gasteiger partial charge in [-0.2, -0.15) is 0 Å². The second kappa shape index (κ2) is 6.70. The second-order valence-electron chi connectivity index (χ2n) is 5.67. The third-order valence-electron chi connectivity index (χ3n) is 4.04. The van der Waals surface area contributed by atoms with Gasteiger partial charge in [-0.25, -0.2) is 0 Å². The molecule has 0 aliphatic carbocycles. The predicted molar refractivity (Wildman–Crippen MR) is 79.7 cm³/mol. The molecule has 0 bridgehead atoms. The SMILES string of the molecule is CC(CC(=O)Nc1cccn(C)c1=O)C1CCCNC1. The molecule has 2 atom stereocenters. The number of hydrogen-bond acceptors (Lipinski definition) is 3. The summed E-state index contributed by atoms with van der Waals surface area (Å²) < 4.78 is 1.46. The lowest BCUT2D eigenvalue weighted by molar-refractivity contribution is -0.117. The van der Waals surface area contributed by atoms with Crippen molar-refractivity contribution in [2.75, 3.05) is 18.4 Å². The molecule has 5 nitrogen and oxygen atoms in total. The molecule has 2 heterocycles. The zero-order valence-electron chi connectivity index (χ0n) is 12.2. The summed E-state index contributed by atoms with van der Waals surface area (Å²) in [5.41, 5.74) is 0.182. The Balaban J connectivity index is 1.91. The Bertz CT molecular complexity index is 518. The number of aromatic nitrogens is 1. The maximum absolute atomic E-state index is 12.0. The van der Waals surface area contributed by atoms with Crippen molar-refractivity contribution < 1.29 is 4.79 Å². The predicted octanol–water partition coefficient (Wildman–Crippen LogP) is 1.35. The molecule has 1 aromatic rings. The fraction of sp³-hybridized carbons (Fsp3) is 0.600. The van der Waals surface area contributed by atoms with Gasteiger partial charge in [0.25, 0.3) is 5.56 Å². The summed E-state index contributed by atoms with van der Waals surface area (Å²) in [7, 11) is 1.67. The van der Waals surface area contributed by atoms with Crippen LogP contribution in [0.1, 0.15) is 26.2 Å². The fourth-order valence-corrected chi connectivity index (χ4v) is 2.72. The van der Waals surface area contributed by atoms with E-state index < -0.39 is 0 Å². The first-order valence-electron chi connectivity index (χ1n) is 7.24. The standard InChI is InChI=1S/C15H23N3O2/c1-11(12-5-3-7-16-10-12)9-14(19)17-13-6-4-8-18(2)15(13)20/h4,6,8,11-12,16H,3,5,7,9-10H2,1-2H3,(H,17,19). The Hall–Kier alpha value is -1.62. The molecule has 1 aliphatic heterocycles. The van der Waals surface area contributed by atoms with E-state index in [4.69, 9.17) is 0 Å². The maximum Gasteiger partial charge on any atom is 0.274 e. The van der Waals surface area contributed by atoms with Gasteiger partial charge in [0.05, 0.1) is 0 Å². The van der Waals surface area contributed by atoms with Gasteiger partial charge in [0.2, 0.25) is 5.91 Å². The van der Waals surface area contributed by atoms with Crippen molar-refractivity contribution in [2.45, 2.75) is 26.2 Å². The van der Waals surface area contributed by atoms with Crippen LogP contribution in [0.5, 0.6) is 0 Å². The van der Waals surface area contributed by atoms with Crippen LogP contribution in [0, 0.1) is 11.8 Å². The molecule has 1 saturated heterocycles. The van der Waals surface area contributed by atoms with Crippen molar-refractivity contribution in [1.82, 2.24) is 9.88 Å². The minimum absolute atomic E-state index is 0.0774. The molecule has 1 fully saturated rings. The molecule has 1 aliphatic rings. The van der Waals surface area contributed by atoms with Gasteiger partial charge in [0, 0.05) is 19.7 Å². The molecule has 0 spiro atoms. The van der Waals surface area contributed by atoms with Crippen LogP contribution in [-0.2, 0) is 11.8 Å². The molecule has 2 rings (SSSR count). The van der Waals surface area contributed by atoms with Crippen LogP contribution in [0.2, 0.25) is 0 Å². The van der Waals surface area contributed by atoms with Crippen LogP contribution >= 0.6 is 0 Å². The lowest BCUT2D eigenvalue weighted by Crippen LogP contribution is -2.34. The Morgan fingerprint density at radius 2 is 2.40 bits per heavy atom. The van der Waals surface area contributed by atoms with E-state index in [0.29, 0.717) is 23.9 Å². The van der Waals surface area contributed by atoms with Crippen molar-refractivity contribution in [3.8, 4) is 0 Å². The van der Waals surface area contributed by atoms with Crippen LogP contribution in [-0.4, -0.2) is 23.6 Å². The minimum Gasteiger partial charge on any atom is -0.321 e. The Kier molecular flexibility index (Phi) is 4.95. The molecule has 20 heavy (non-hydrogen) atoms. The van der Waals surface area contributed by atoms with Gasteiger partial charge >= 0.3 is 0 Å². The molecular formula is C15H23N3O2. The van der Waals surface area contributed by atoms with E-state index in [2.05, 4.69) is 17.6 Å². The molecule has 2 N–H and O–H groups in total. The van der Waals surface area contributed by atoms with Gasteiger partial charge in [-0.3, -0.25) is 9.59 Å². The quantitative estimate of drug-likeness (QED) is 0.873. The summed E-state index contributed by atoms with van der Waals surface area (Å²) in [5, 5.41) is 6.10. The summed E-state index contributed by atoms with van der Waals surface area (Å²) >= 11 is 0. The number of nitrogens with one attached hydrogen (secondary N) is 2. The highest BCUT2D eigenvalue weighted by Crippen LogP contribution is 2.22. The molecule has 0 radical (unpaired) electrons. The number of nitrogens with zero attached hydrogens (tertiary/aromatic N) is 1. The van der Waals surface area contributed by atoms with Crippen molar-refractivity contribution in [1.29, 1.82) is 0 Å². The highest BCUT2D eigenvalue weighted by atomic mass is 16.2. The summed E-state index contributed by atoms with van der Waals surface area (Å²) in [6, 6.07) is 3.40. The normalized spacial score (nSPS) is 20.4. The highest BCUT2D eigenvalue weighted by Gasteiger charge is 2.22. The van der Waals surface area contributed by atoms with Gasteiger partial charge in [-0.05, 0) is 49.9 Å². The summed E-state index contributed by atoms with van der Waals surface area (Å²) in [5.74, 6) is 0.801. The van der Waals surface area contributed by atoms with E-state index in [0.717, 1.165) is 13.1 Å². The largest absolute Gasteiger partial charge is 0.321 e. The monoisotopic (exact) mass is 277 g/mol. The average molecular weight is 277 g/mol. The third kappa shape index (κ3) is 3.70. The molecule has 1 aromatic heterocycles. The van der Waals surface area contributed by atoms with Gasteiger partial charge in [0.1, 0.15) is 5.69 Å². The van der Waals surface area contributed by atoms with E-state index in [-0.39, 0.29) is 11.5 Å². The lowest BCUT2D eigenvalue weighted by atomic mass is 9.85. The number of carbonyl (C=O) groups excluding carboxylic acids is 1. The van der Waals surface area contributed by atoms with Gasteiger partial charge in [-0.15, -0.1) is 0 Å². The topological polar surface area (TPSA) is 63.1 Å². The molecule has 110 valence electrons. The smallest absolute Gasteiger partial charge is 0.274 e. The minimum atomic E-state index is -0.173. The van der Waals surface area contributed by atoms with Crippen LogP contribution in [0.4, 0.5) is 5.69 Å². The van der Waals surface area contributed by atoms with Crippen molar-refractivity contribution in [3.63, 3.8) is 0 Å². The average Bonchev–Trinajstić information content (AvgIpc) is 2.45. The molecule has 1 amide bonds. The van der Waals surface area contributed by atoms with Crippen molar-refractivity contribution in [2.24, 2.45) is 18.9 Å². The lowest BCUT2D eigenvalue weighted by Gasteiger charge is -2.27. The summed E-state index contributed by atoms with van der Waals surface area (Å²) in [6.07, 6.45) is 4.49. The van der Waals surface area contributed by atoms with Crippen molar-refractivity contribution in [3.05, 3.63) is 28.7 Å². The molecule has 5 heteroatoms. The molecular weight excluding hydrogens is 254 g/mol. The Morgan fingerprint density at radius 1 is 1.60 bits per heavy atom. The van der Waals surface area contributed by atoms with E-state index in [1.54, 1.807) is 25.4 Å². The first-order valence-corrected chi connectivity index (χ1v) is 7.24. The zero-order valence-corrected chi connectivity index (χ0v) is 12.2. The number of hydrogen-bond donors (Lipinski definition) is 2. The highest BCUT2D eigenvalue weighted by molar-refractivity contribution is 5.90. The van der Waals surface area contributed by atoms with Gasteiger partial charge in [-0.1, -0.05) is 6.92 Å². The number of pyridine rings is 1. The number of piperidine rings is 1. The number of rotatable bonds is 4. The van der Waals surface area contributed by atoms with Gasteiger partial charge in [0.15, 0.2) is 0 Å². The van der Waals surface area contributed by atoms with E-state index >= 15 is 0 Å². The van der Waals surface area contributed by atoms with Crippen LogP contribution in [0.25, 0.3) is 0 Å².